The summed E-state index contributed by atoms with van der Waals surface area (Å²) < 4.78 is 0. The summed E-state index contributed by atoms with van der Waals surface area (Å²) in [5.74, 6) is -0.987. The van der Waals surface area contributed by atoms with E-state index in [1.54, 1.807) is 36.4 Å². The number of nitrogens with two attached hydrogens (primary N) is 1. The molecule has 0 aromatic heterocycles. The molecule has 0 atom stereocenters. The Morgan fingerprint density at radius 1 is 0.773 bits per heavy atom. The Bertz CT molecular complexity index is 706. The van der Waals surface area contributed by atoms with E-state index in [1.165, 1.54) is 19.1 Å². The second-order valence-electron chi connectivity index (χ2n) is 4.65. The lowest BCUT2D eigenvalue weighted by atomic mass is 10.1. The number of carbonyl (C=O) groups is 3. The van der Waals surface area contributed by atoms with Gasteiger partial charge in [0.1, 0.15) is 0 Å². The summed E-state index contributed by atoms with van der Waals surface area (Å²) >= 11 is 0. The maximum absolute atomic E-state index is 12.1. The maximum atomic E-state index is 12.1. The highest BCUT2D eigenvalue weighted by Gasteiger charge is 2.07. The minimum Gasteiger partial charge on any atom is -0.366 e. The van der Waals surface area contributed by atoms with Crippen LogP contribution in [0.1, 0.15) is 27.6 Å². The predicted molar refractivity (Wildman–Crippen MR) is 83.7 cm³/mol. The molecule has 3 amide bonds. The van der Waals surface area contributed by atoms with Crippen LogP contribution in [-0.4, -0.2) is 17.7 Å². The van der Waals surface area contributed by atoms with Crippen LogP contribution >= 0.6 is 0 Å². The van der Waals surface area contributed by atoms with Crippen LogP contribution in [-0.2, 0) is 4.79 Å². The molecule has 0 spiro atoms. The zero-order valence-corrected chi connectivity index (χ0v) is 11.9. The number of benzene rings is 2. The summed E-state index contributed by atoms with van der Waals surface area (Å²) in [6, 6.07) is 12.8. The van der Waals surface area contributed by atoms with Crippen molar-refractivity contribution in [3.8, 4) is 0 Å². The van der Waals surface area contributed by atoms with E-state index in [1.807, 2.05) is 0 Å². The third-order valence-corrected chi connectivity index (χ3v) is 2.89. The van der Waals surface area contributed by atoms with Gasteiger partial charge in [0, 0.05) is 29.4 Å². The van der Waals surface area contributed by atoms with Gasteiger partial charge in [0.2, 0.25) is 11.8 Å². The Morgan fingerprint density at radius 2 is 1.23 bits per heavy atom. The van der Waals surface area contributed by atoms with Crippen molar-refractivity contribution in [1.82, 2.24) is 0 Å². The smallest absolute Gasteiger partial charge is 0.255 e. The van der Waals surface area contributed by atoms with Crippen molar-refractivity contribution in [3.63, 3.8) is 0 Å². The summed E-state index contributed by atoms with van der Waals surface area (Å²) in [6.07, 6.45) is 0. The van der Waals surface area contributed by atoms with Crippen LogP contribution in [0, 0.1) is 0 Å². The lowest BCUT2D eigenvalue weighted by molar-refractivity contribution is -0.114. The average molecular weight is 297 g/mol. The first-order chi connectivity index (χ1) is 10.5. The molecule has 0 radical (unpaired) electrons. The Hall–Kier alpha value is -3.15. The number of carbonyl (C=O) groups excluding carboxylic acids is 3. The molecule has 22 heavy (non-hydrogen) atoms. The van der Waals surface area contributed by atoms with Gasteiger partial charge in [0.15, 0.2) is 0 Å². The topological polar surface area (TPSA) is 101 Å². The van der Waals surface area contributed by atoms with Crippen molar-refractivity contribution in [2.75, 3.05) is 10.6 Å². The van der Waals surface area contributed by atoms with Crippen molar-refractivity contribution in [2.24, 2.45) is 5.73 Å². The fourth-order valence-corrected chi connectivity index (χ4v) is 1.83. The molecule has 0 bridgehead atoms. The normalized spacial score (nSPS) is 9.86. The van der Waals surface area contributed by atoms with Crippen LogP contribution in [0.5, 0.6) is 0 Å². The SMILES string of the molecule is CC(=O)Nc1ccc(C(=O)Nc2ccc(C(N)=O)cc2)cc1. The molecule has 0 aliphatic heterocycles. The van der Waals surface area contributed by atoms with E-state index in [-0.39, 0.29) is 11.8 Å². The lowest BCUT2D eigenvalue weighted by Crippen LogP contribution is -2.13. The monoisotopic (exact) mass is 297 g/mol. The molecule has 0 saturated heterocycles. The van der Waals surface area contributed by atoms with E-state index in [0.29, 0.717) is 22.5 Å². The summed E-state index contributed by atoms with van der Waals surface area (Å²) in [5.41, 5.74) is 7.15. The van der Waals surface area contributed by atoms with Crippen LogP contribution in [0.4, 0.5) is 11.4 Å². The Morgan fingerprint density at radius 3 is 1.68 bits per heavy atom. The highest BCUT2D eigenvalue weighted by atomic mass is 16.2. The molecule has 6 nitrogen and oxygen atoms in total. The fraction of sp³-hybridized carbons (Fsp3) is 0.0625. The lowest BCUT2D eigenvalue weighted by Gasteiger charge is -2.07. The van der Waals surface area contributed by atoms with Crippen LogP contribution in [0.2, 0.25) is 0 Å². The van der Waals surface area contributed by atoms with Gasteiger partial charge in [-0.1, -0.05) is 0 Å². The van der Waals surface area contributed by atoms with E-state index < -0.39 is 5.91 Å². The second-order valence-corrected chi connectivity index (χ2v) is 4.65. The molecule has 2 rings (SSSR count). The molecule has 2 aromatic rings. The molecule has 0 fully saturated rings. The molecule has 2 aromatic carbocycles. The summed E-state index contributed by atoms with van der Waals surface area (Å²) in [5, 5.41) is 5.33. The van der Waals surface area contributed by atoms with E-state index in [4.69, 9.17) is 5.73 Å². The number of hydrogen-bond acceptors (Lipinski definition) is 3. The van der Waals surface area contributed by atoms with E-state index in [2.05, 4.69) is 10.6 Å². The summed E-state index contributed by atoms with van der Waals surface area (Å²) in [4.78, 5) is 34.0. The van der Waals surface area contributed by atoms with Gasteiger partial charge in [-0.3, -0.25) is 14.4 Å². The minimum absolute atomic E-state index is 0.174. The fourth-order valence-electron chi connectivity index (χ4n) is 1.83. The molecule has 0 saturated carbocycles. The van der Waals surface area contributed by atoms with Gasteiger partial charge in [-0.25, -0.2) is 0 Å². The number of amides is 3. The quantitative estimate of drug-likeness (QED) is 0.804. The van der Waals surface area contributed by atoms with Gasteiger partial charge in [0.05, 0.1) is 0 Å². The molecule has 0 aliphatic rings. The highest BCUT2D eigenvalue weighted by Crippen LogP contribution is 2.13. The van der Waals surface area contributed by atoms with Gasteiger partial charge in [-0.15, -0.1) is 0 Å². The van der Waals surface area contributed by atoms with Crippen molar-refractivity contribution >= 4 is 29.1 Å². The largest absolute Gasteiger partial charge is 0.366 e. The Labute approximate surface area is 127 Å². The number of rotatable bonds is 4. The zero-order valence-electron chi connectivity index (χ0n) is 11.9. The zero-order chi connectivity index (χ0) is 16.1. The molecule has 0 heterocycles. The van der Waals surface area contributed by atoms with Crippen LogP contribution in [0.25, 0.3) is 0 Å². The van der Waals surface area contributed by atoms with Gasteiger partial charge in [-0.05, 0) is 48.5 Å². The summed E-state index contributed by atoms with van der Waals surface area (Å²) in [6.45, 7) is 1.41. The molecule has 112 valence electrons. The molecule has 0 aliphatic carbocycles. The first-order valence-electron chi connectivity index (χ1n) is 6.54. The summed E-state index contributed by atoms with van der Waals surface area (Å²) in [7, 11) is 0. The standard InChI is InChI=1S/C16H15N3O3/c1-10(20)18-13-8-4-12(5-9-13)16(22)19-14-6-2-11(3-7-14)15(17)21/h2-9H,1H3,(H2,17,21)(H,18,20)(H,19,22). The third kappa shape index (κ3) is 3.92. The minimum atomic E-state index is -0.522. The van der Waals surface area contributed by atoms with Crippen molar-refractivity contribution in [2.45, 2.75) is 6.92 Å². The van der Waals surface area contributed by atoms with Gasteiger partial charge >= 0.3 is 0 Å². The molecule has 0 unspecified atom stereocenters. The Balaban J connectivity index is 2.05. The number of nitrogens with one attached hydrogen (secondary N) is 2. The van der Waals surface area contributed by atoms with Gasteiger partial charge in [0.25, 0.3) is 5.91 Å². The third-order valence-electron chi connectivity index (χ3n) is 2.89. The first kappa shape index (κ1) is 15.2. The first-order valence-corrected chi connectivity index (χ1v) is 6.54. The van der Waals surface area contributed by atoms with Crippen molar-refractivity contribution < 1.29 is 14.4 Å². The molecular weight excluding hydrogens is 282 g/mol. The van der Waals surface area contributed by atoms with Crippen molar-refractivity contribution in [3.05, 3.63) is 59.7 Å². The van der Waals surface area contributed by atoms with Crippen LogP contribution < -0.4 is 16.4 Å². The Kier molecular flexibility index (Phi) is 4.53. The van der Waals surface area contributed by atoms with Gasteiger partial charge < -0.3 is 16.4 Å². The average Bonchev–Trinajstić information content (AvgIpc) is 2.48. The maximum Gasteiger partial charge on any atom is 0.255 e. The van der Waals surface area contributed by atoms with Crippen LogP contribution in [0.3, 0.4) is 0 Å². The number of hydrogen-bond donors (Lipinski definition) is 3. The van der Waals surface area contributed by atoms with E-state index in [0.717, 1.165) is 0 Å². The molecule has 4 N–H and O–H groups in total. The highest BCUT2D eigenvalue weighted by molar-refractivity contribution is 6.05. The van der Waals surface area contributed by atoms with Gasteiger partial charge in [-0.2, -0.15) is 0 Å². The van der Waals surface area contributed by atoms with E-state index in [9.17, 15) is 14.4 Å². The van der Waals surface area contributed by atoms with Crippen molar-refractivity contribution in [1.29, 1.82) is 0 Å². The number of anilines is 2. The van der Waals surface area contributed by atoms with Crippen LogP contribution in [0.15, 0.2) is 48.5 Å². The second kappa shape index (κ2) is 6.53. The predicted octanol–water partition coefficient (Wildman–Crippen LogP) is 2.00. The molecular formula is C16H15N3O3. The number of primary amides is 1. The molecule has 6 heteroatoms. The van der Waals surface area contributed by atoms with E-state index >= 15 is 0 Å².